The highest BCUT2D eigenvalue weighted by molar-refractivity contribution is 9.10. The first kappa shape index (κ1) is 33.7. The van der Waals surface area contributed by atoms with Crippen LogP contribution < -0.4 is 16.0 Å². The summed E-state index contributed by atoms with van der Waals surface area (Å²) in [6.07, 6.45) is 1.43. The highest BCUT2D eigenvalue weighted by atomic mass is 79.9. The van der Waals surface area contributed by atoms with Crippen LogP contribution in [0.5, 0.6) is 0 Å². The van der Waals surface area contributed by atoms with Gasteiger partial charge in [0.05, 0.1) is 5.69 Å². The van der Waals surface area contributed by atoms with Crippen molar-refractivity contribution in [3.8, 4) is 0 Å². The van der Waals surface area contributed by atoms with Gasteiger partial charge in [-0.1, -0.05) is 70.2 Å². The lowest BCUT2D eigenvalue weighted by atomic mass is 10.1. The molecule has 4 aromatic rings. The van der Waals surface area contributed by atoms with Gasteiger partial charge >= 0.3 is 0 Å². The van der Waals surface area contributed by atoms with Crippen LogP contribution in [0.4, 0.5) is 11.4 Å². The number of amides is 3. The minimum atomic E-state index is -0.138. The maximum atomic E-state index is 12.8. The van der Waals surface area contributed by atoms with Crippen molar-refractivity contribution in [2.24, 2.45) is 0 Å². The molecule has 0 atom stereocenters. The molecule has 8 nitrogen and oxygen atoms in total. The maximum Gasteiger partial charge on any atom is 0.225 e. The number of hydrogen-bond donors (Lipinski definition) is 3. The molecular weight excluding hydrogens is 662 g/mol. The van der Waals surface area contributed by atoms with Crippen molar-refractivity contribution in [3.05, 3.63) is 95.0 Å². The van der Waals surface area contributed by atoms with Crippen molar-refractivity contribution in [1.29, 1.82) is 0 Å². The molecule has 0 bridgehead atoms. The molecule has 0 aromatic heterocycles. The first-order valence-electron chi connectivity index (χ1n) is 15.6. The molecule has 1 aliphatic rings. The van der Waals surface area contributed by atoms with Crippen LogP contribution in [0.3, 0.4) is 0 Å². The third kappa shape index (κ3) is 10.4. The molecule has 0 saturated carbocycles. The van der Waals surface area contributed by atoms with Crippen LogP contribution in [0.1, 0.15) is 31.2 Å². The number of nitrogens with one attached hydrogen (secondary N) is 3. The van der Waals surface area contributed by atoms with Gasteiger partial charge in [-0.25, -0.2) is 0 Å². The lowest BCUT2D eigenvalue weighted by Crippen LogP contribution is -2.45. The minimum absolute atomic E-state index is 0.0118. The lowest BCUT2D eigenvalue weighted by Gasteiger charge is -2.32. The second-order valence-corrected chi connectivity index (χ2v) is 13.6. The van der Waals surface area contributed by atoms with E-state index in [9.17, 15) is 14.4 Å². The van der Waals surface area contributed by atoms with E-state index in [-0.39, 0.29) is 30.6 Å². The molecule has 1 fully saturated rings. The molecule has 4 aromatic carbocycles. The Morgan fingerprint density at radius 1 is 0.761 bits per heavy atom. The van der Waals surface area contributed by atoms with E-state index >= 15 is 0 Å². The van der Waals surface area contributed by atoms with Crippen molar-refractivity contribution in [3.63, 3.8) is 0 Å². The van der Waals surface area contributed by atoms with Crippen LogP contribution in [-0.2, 0) is 20.9 Å². The van der Waals surface area contributed by atoms with Crippen LogP contribution in [0.2, 0.25) is 0 Å². The van der Waals surface area contributed by atoms with Gasteiger partial charge in [0.1, 0.15) is 0 Å². The molecule has 10 heteroatoms. The number of carbonyl (C=O) groups excluding carboxylic acids is 3. The highest BCUT2D eigenvalue weighted by Crippen LogP contribution is 2.36. The van der Waals surface area contributed by atoms with Crippen molar-refractivity contribution in [1.82, 2.24) is 15.1 Å². The molecule has 0 spiro atoms. The quantitative estimate of drug-likeness (QED) is 0.143. The number of anilines is 2. The SMILES string of the molecule is CN1CCN(CCC(=O)Nc2cc(Br)ccc2Sc2cccc(NC(=O)CCCC(=O)NCc3ccc4ccccc4c3)c2)CC1. The highest BCUT2D eigenvalue weighted by Gasteiger charge is 2.16. The Bertz CT molecular complexity index is 1670. The van der Waals surface area contributed by atoms with E-state index in [4.69, 9.17) is 0 Å². The Labute approximate surface area is 283 Å². The van der Waals surface area contributed by atoms with Crippen molar-refractivity contribution < 1.29 is 14.4 Å². The van der Waals surface area contributed by atoms with Gasteiger partial charge < -0.3 is 25.8 Å². The third-order valence-corrected chi connectivity index (χ3v) is 9.48. The van der Waals surface area contributed by atoms with Crippen molar-refractivity contribution in [2.45, 2.75) is 42.0 Å². The summed E-state index contributed by atoms with van der Waals surface area (Å²) in [4.78, 5) is 44.4. The van der Waals surface area contributed by atoms with Crippen molar-refractivity contribution in [2.75, 3.05) is 50.4 Å². The average molecular weight is 703 g/mol. The number of carbonyl (C=O) groups is 3. The first-order valence-corrected chi connectivity index (χ1v) is 17.2. The van der Waals surface area contributed by atoms with Gasteiger partial charge in [0.2, 0.25) is 17.7 Å². The Hall–Kier alpha value is -3.70. The molecule has 5 rings (SSSR count). The van der Waals surface area contributed by atoms with Crippen LogP contribution in [0, 0.1) is 0 Å². The Morgan fingerprint density at radius 2 is 1.52 bits per heavy atom. The summed E-state index contributed by atoms with van der Waals surface area (Å²) in [5, 5.41) is 11.3. The zero-order chi connectivity index (χ0) is 32.3. The molecular formula is C36H40BrN5O3S. The summed E-state index contributed by atoms with van der Waals surface area (Å²) in [6, 6.07) is 27.8. The number of halogens is 1. The maximum absolute atomic E-state index is 12.8. The number of piperazine rings is 1. The van der Waals surface area contributed by atoms with Crippen LogP contribution in [0.15, 0.2) is 99.2 Å². The average Bonchev–Trinajstić information content (AvgIpc) is 3.05. The molecule has 1 heterocycles. The molecule has 240 valence electrons. The smallest absolute Gasteiger partial charge is 0.225 e. The monoisotopic (exact) mass is 701 g/mol. The van der Waals surface area contributed by atoms with Crippen LogP contribution >= 0.6 is 27.7 Å². The molecule has 46 heavy (non-hydrogen) atoms. The normalized spacial score (nSPS) is 13.8. The van der Waals surface area contributed by atoms with E-state index in [1.54, 1.807) is 0 Å². The number of benzene rings is 4. The summed E-state index contributed by atoms with van der Waals surface area (Å²) in [7, 11) is 2.12. The zero-order valence-electron chi connectivity index (χ0n) is 26.1. The summed E-state index contributed by atoms with van der Waals surface area (Å²) >= 11 is 5.05. The summed E-state index contributed by atoms with van der Waals surface area (Å²) < 4.78 is 0.884. The van der Waals surface area contributed by atoms with Gasteiger partial charge in [0, 0.05) is 78.5 Å². The van der Waals surface area contributed by atoms with E-state index in [1.807, 2.05) is 60.7 Å². The summed E-state index contributed by atoms with van der Waals surface area (Å²) in [5.74, 6) is -0.222. The fourth-order valence-electron chi connectivity index (χ4n) is 5.27. The van der Waals surface area contributed by atoms with Gasteiger partial charge in [-0.05, 0) is 72.3 Å². The molecule has 3 N–H and O–H groups in total. The first-order chi connectivity index (χ1) is 22.3. The molecule has 1 aliphatic heterocycles. The predicted octanol–water partition coefficient (Wildman–Crippen LogP) is 6.75. The second-order valence-electron chi connectivity index (χ2n) is 11.6. The number of rotatable bonds is 13. The van der Waals surface area contributed by atoms with Gasteiger partial charge in [-0.15, -0.1) is 0 Å². The van der Waals surface area contributed by atoms with E-state index in [0.717, 1.165) is 63.6 Å². The standard InChI is InChI=1S/C36H40BrN5O3S/c1-41-18-20-42(21-19-41)17-16-36(45)40-32-23-29(37)14-15-33(32)46-31-9-4-8-30(24-31)39-35(44)11-5-10-34(43)38-25-26-12-13-27-6-2-3-7-28(27)22-26/h2-4,6-9,12-15,22-24H,5,10-11,16-21,25H2,1H3,(H,38,43)(H,39,44)(H,40,45). The molecule has 0 unspecified atom stereocenters. The van der Waals surface area contributed by atoms with Gasteiger partial charge in [-0.3, -0.25) is 14.4 Å². The zero-order valence-corrected chi connectivity index (χ0v) is 28.5. The number of nitrogens with zero attached hydrogens (tertiary/aromatic N) is 2. The predicted molar refractivity (Wildman–Crippen MR) is 190 cm³/mol. The molecule has 1 saturated heterocycles. The summed E-state index contributed by atoms with van der Waals surface area (Å²) in [6.45, 7) is 5.22. The largest absolute Gasteiger partial charge is 0.352 e. The number of hydrogen-bond acceptors (Lipinski definition) is 6. The second kappa shape index (κ2) is 16.7. The van der Waals surface area contributed by atoms with Gasteiger partial charge in [0.15, 0.2) is 0 Å². The number of fused-ring (bicyclic) bond motifs is 1. The fourth-order valence-corrected chi connectivity index (χ4v) is 6.57. The minimum Gasteiger partial charge on any atom is -0.352 e. The van der Waals surface area contributed by atoms with Crippen LogP contribution in [0.25, 0.3) is 10.8 Å². The van der Waals surface area contributed by atoms with Gasteiger partial charge in [0.25, 0.3) is 0 Å². The Balaban J connectivity index is 1.06. The third-order valence-electron chi connectivity index (χ3n) is 7.92. The number of likely N-dealkylation sites (N-methyl/N-ethyl adjacent to an activating group) is 1. The van der Waals surface area contributed by atoms with E-state index in [0.29, 0.717) is 25.1 Å². The molecule has 0 aliphatic carbocycles. The van der Waals surface area contributed by atoms with Gasteiger partial charge in [-0.2, -0.15) is 0 Å². The Kier molecular flexibility index (Phi) is 12.2. The van der Waals surface area contributed by atoms with Crippen LogP contribution in [-0.4, -0.2) is 67.3 Å². The molecule has 0 radical (unpaired) electrons. The topological polar surface area (TPSA) is 93.8 Å². The van der Waals surface area contributed by atoms with E-state index in [1.165, 1.54) is 17.1 Å². The summed E-state index contributed by atoms with van der Waals surface area (Å²) in [5.41, 5.74) is 2.48. The lowest BCUT2D eigenvalue weighted by molar-refractivity contribution is -0.121. The Morgan fingerprint density at radius 3 is 2.35 bits per heavy atom. The molecule has 3 amide bonds. The van der Waals surface area contributed by atoms with E-state index < -0.39 is 0 Å². The van der Waals surface area contributed by atoms with E-state index in [2.05, 4.69) is 73.0 Å². The van der Waals surface area contributed by atoms with Crippen molar-refractivity contribution >= 4 is 67.6 Å². The fraction of sp³-hybridized carbons (Fsp3) is 0.306.